The Bertz CT molecular complexity index is 1260. The molecular formula is C26H31N5O5. The Morgan fingerprint density at radius 1 is 1.08 bits per heavy atom. The van der Waals surface area contributed by atoms with Crippen LogP contribution in [0, 0.1) is 12.8 Å². The third-order valence-electron chi connectivity index (χ3n) is 5.47. The van der Waals surface area contributed by atoms with Crippen molar-refractivity contribution in [2.24, 2.45) is 5.92 Å². The molecule has 0 radical (unpaired) electrons. The van der Waals surface area contributed by atoms with Crippen LogP contribution in [0.3, 0.4) is 0 Å². The number of rotatable bonds is 10. The number of H-pyrrole nitrogens is 1. The number of aromatic amines is 1. The van der Waals surface area contributed by atoms with Crippen molar-refractivity contribution in [3.05, 3.63) is 69.9 Å². The van der Waals surface area contributed by atoms with Crippen LogP contribution in [0.15, 0.2) is 47.5 Å². The molecule has 190 valence electrons. The summed E-state index contributed by atoms with van der Waals surface area (Å²) in [5.74, 6) is 0.966. The first-order valence-corrected chi connectivity index (χ1v) is 11.7. The van der Waals surface area contributed by atoms with Gasteiger partial charge in [-0.05, 0) is 56.0 Å². The molecule has 2 aromatic heterocycles. The summed E-state index contributed by atoms with van der Waals surface area (Å²) in [4.78, 5) is 48.5. The average molecular weight is 494 g/mol. The lowest BCUT2D eigenvalue weighted by Gasteiger charge is -2.13. The number of pyridine rings is 1. The fraction of sp³-hybridized carbons (Fsp3) is 0.346. The first-order chi connectivity index (χ1) is 17.3. The van der Waals surface area contributed by atoms with E-state index in [-0.39, 0.29) is 18.4 Å². The highest BCUT2D eigenvalue weighted by Crippen LogP contribution is 2.28. The van der Waals surface area contributed by atoms with Crippen molar-refractivity contribution < 1.29 is 19.1 Å². The van der Waals surface area contributed by atoms with Gasteiger partial charge in [0.25, 0.3) is 11.5 Å². The van der Waals surface area contributed by atoms with Crippen LogP contribution in [-0.2, 0) is 11.2 Å². The van der Waals surface area contributed by atoms with Crippen molar-refractivity contribution in [2.45, 2.75) is 40.0 Å². The first-order valence-electron chi connectivity index (χ1n) is 11.7. The maximum absolute atomic E-state index is 12.5. The van der Waals surface area contributed by atoms with Crippen LogP contribution in [0.25, 0.3) is 11.4 Å². The number of aryl methyl sites for hydroxylation is 1. The van der Waals surface area contributed by atoms with Gasteiger partial charge in [-0.2, -0.15) is 0 Å². The summed E-state index contributed by atoms with van der Waals surface area (Å²) in [6.45, 7) is 6.48. The Kier molecular flexibility index (Phi) is 9.15. The summed E-state index contributed by atoms with van der Waals surface area (Å²) in [7, 11) is 1.50. The van der Waals surface area contributed by atoms with Crippen LogP contribution in [0.2, 0.25) is 0 Å². The molecular weight excluding hydrogens is 462 g/mol. The first kappa shape index (κ1) is 26.4. The number of ether oxygens (including phenoxy) is 2. The molecule has 0 aliphatic rings. The van der Waals surface area contributed by atoms with E-state index < -0.39 is 11.8 Å². The second-order valence-corrected chi connectivity index (χ2v) is 8.61. The van der Waals surface area contributed by atoms with Crippen LogP contribution in [0.5, 0.6) is 11.5 Å². The molecule has 36 heavy (non-hydrogen) atoms. The number of hydrazine groups is 1. The number of nitrogens with zero attached hydrogens (tertiary/aromatic N) is 2. The zero-order chi connectivity index (χ0) is 26.1. The third-order valence-corrected chi connectivity index (χ3v) is 5.47. The molecule has 0 spiro atoms. The third kappa shape index (κ3) is 7.14. The summed E-state index contributed by atoms with van der Waals surface area (Å²) in [6, 6.07) is 8.29. The van der Waals surface area contributed by atoms with Gasteiger partial charge in [-0.1, -0.05) is 13.8 Å². The highest BCUT2D eigenvalue weighted by atomic mass is 16.5. The van der Waals surface area contributed by atoms with Crippen molar-refractivity contribution in [3.8, 4) is 22.9 Å². The Hall–Kier alpha value is -4.21. The Labute approximate surface area is 209 Å². The van der Waals surface area contributed by atoms with Crippen LogP contribution < -0.4 is 25.9 Å². The molecule has 2 heterocycles. The normalized spacial score (nSPS) is 10.7. The van der Waals surface area contributed by atoms with E-state index in [1.54, 1.807) is 49.6 Å². The number of amides is 2. The van der Waals surface area contributed by atoms with Crippen molar-refractivity contribution in [1.29, 1.82) is 0 Å². The molecule has 0 atom stereocenters. The van der Waals surface area contributed by atoms with Gasteiger partial charge < -0.3 is 14.5 Å². The van der Waals surface area contributed by atoms with Gasteiger partial charge in [0.2, 0.25) is 5.91 Å². The summed E-state index contributed by atoms with van der Waals surface area (Å²) in [5.41, 5.74) is 6.43. The van der Waals surface area contributed by atoms with E-state index in [1.165, 1.54) is 7.11 Å². The number of carbonyl (C=O) groups is 2. The molecule has 1 aromatic carbocycles. The lowest BCUT2D eigenvalue weighted by molar-refractivity contribution is -0.121. The minimum atomic E-state index is -0.507. The van der Waals surface area contributed by atoms with Gasteiger partial charge in [0.05, 0.1) is 13.7 Å². The van der Waals surface area contributed by atoms with Crippen molar-refractivity contribution in [1.82, 2.24) is 25.8 Å². The van der Waals surface area contributed by atoms with E-state index in [9.17, 15) is 14.4 Å². The van der Waals surface area contributed by atoms with Crippen molar-refractivity contribution >= 4 is 11.8 Å². The smallest absolute Gasteiger partial charge is 0.269 e. The van der Waals surface area contributed by atoms with Crippen LogP contribution >= 0.6 is 0 Å². The van der Waals surface area contributed by atoms with E-state index in [0.717, 1.165) is 12.0 Å². The monoisotopic (exact) mass is 493 g/mol. The van der Waals surface area contributed by atoms with E-state index in [4.69, 9.17) is 9.47 Å². The summed E-state index contributed by atoms with van der Waals surface area (Å²) in [5, 5.41) is 0. The minimum Gasteiger partial charge on any atom is -0.493 e. The second-order valence-electron chi connectivity index (χ2n) is 8.61. The molecule has 0 bridgehead atoms. The van der Waals surface area contributed by atoms with E-state index in [1.807, 2.05) is 0 Å². The van der Waals surface area contributed by atoms with Crippen LogP contribution in [0.1, 0.15) is 48.3 Å². The molecule has 2 amide bonds. The number of methoxy groups -OCH3 is 1. The zero-order valence-corrected chi connectivity index (χ0v) is 20.9. The van der Waals surface area contributed by atoms with Gasteiger partial charge in [0, 0.05) is 41.2 Å². The topological polar surface area (TPSA) is 135 Å². The fourth-order valence-electron chi connectivity index (χ4n) is 3.38. The number of hydrogen-bond donors (Lipinski definition) is 3. The standard InChI is InChI=1S/C26H31N5O5/c1-16(2)11-14-36-21-7-5-19(15-22(21)35-4)25(33)31-30-23(32)8-6-20-17(3)28-24(29-26(20)34)18-9-12-27-13-10-18/h5,7,9-10,12-13,15-16H,6,8,11,14H2,1-4H3,(H,30,32)(H,31,33)(H,28,29,34). The number of hydrogen-bond acceptors (Lipinski definition) is 7. The van der Waals surface area contributed by atoms with Gasteiger partial charge in [-0.15, -0.1) is 0 Å². The maximum atomic E-state index is 12.5. The molecule has 3 rings (SSSR count). The highest BCUT2D eigenvalue weighted by molar-refractivity contribution is 5.96. The number of benzene rings is 1. The molecule has 0 saturated carbocycles. The largest absolute Gasteiger partial charge is 0.493 e. The van der Waals surface area contributed by atoms with Gasteiger partial charge in [0.15, 0.2) is 11.5 Å². The quantitative estimate of drug-likeness (QED) is 0.370. The van der Waals surface area contributed by atoms with Gasteiger partial charge in [-0.3, -0.25) is 30.2 Å². The Morgan fingerprint density at radius 3 is 2.50 bits per heavy atom. The average Bonchev–Trinajstić information content (AvgIpc) is 2.87. The molecule has 3 N–H and O–H groups in total. The molecule has 0 saturated heterocycles. The lowest BCUT2D eigenvalue weighted by Crippen LogP contribution is -2.41. The number of aromatic nitrogens is 3. The van der Waals surface area contributed by atoms with Crippen molar-refractivity contribution in [3.63, 3.8) is 0 Å². The summed E-state index contributed by atoms with van der Waals surface area (Å²) < 4.78 is 11.1. The number of nitrogens with one attached hydrogen (secondary N) is 3. The van der Waals surface area contributed by atoms with Crippen LogP contribution in [-0.4, -0.2) is 40.5 Å². The van der Waals surface area contributed by atoms with E-state index in [2.05, 4.69) is 39.7 Å². The van der Waals surface area contributed by atoms with Crippen molar-refractivity contribution in [2.75, 3.05) is 13.7 Å². The van der Waals surface area contributed by atoms with E-state index in [0.29, 0.717) is 46.7 Å². The molecule has 0 aliphatic carbocycles. The molecule has 10 nitrogen and oxygen atoms in total. The minimum absolute atomic E-state index is 0.00751. The van der Waals surface area contributed by atoms with E-state index >= 15 is 0 Å². The number of carbonyl (C=O) groups excluding carboxylic acids is 2. The fourth-order valence-corrected chi connectivity index (χ4v) is 3.38. The van der Waals surface area contributed by atoms with Crippen LogP contribution in [0.4, 0.5) is 0 Å². The molecule has 0 fully saturated rings. The van der Waals surface area contributed by atoms with Gasteiger partial charge in [0.1, 0.15) is 5.82 Å². The summed E-state index contributed by atoms with van der Waals surface area (Å²) >= 11 is 0. The Morgan fingerprint density at radius 2 is 1.83 bits per heavy atom. The SMILES string of the molecule is COc1cc(C(=O)NNC(=O)CCc2c(C)nc(-c3ccncc3)[nH]c2=O)ccc1OCCC(C)C. The molecule has 0 aliphatic heterocycles. The molecule has 10 heteroatoms. The molecule has 0 unspecified atom stereocenters. The predicted octanol–water partition coefficient (Wildman–Crippen LogP) is 2.97. The maximum Gasteiger partial charge on any atom is 0.269 e. The zero-order valence-electron chi connectivity index (χ0n) is 20.9. The summed E-state index contributed by atoms with van der Waals surface area (Å²) in [6.07, 6.45) is 4.29. The van der Waals surface area contributed by atoms with Gasteiger partial charge >= 0.3 is 0 Å². The molecule has 3 aromatic rings. The Balaban J connectivity index is 1.54. The second kappa shape index (κ2) is 12.5. The lowest BCUT2D eigenvalue weighted by atomic mass is 10.1. The highest BCUT2D eigenvalue weighted by Gasteiger charge is 2.14. The predicted molar refractivity (Wildman–Crippen MR) is 135 cm³/mol. The van der Waals surface area contributed by atoms with Gasteiger partial charge in [-0.25, -0.2) is 4.98 Å².